The van der Waals surface area contributed by atoms with Gasteiger partial charge in [-0.25, -0.2) is 9.97 Å². The average molecular weight is 343 g/mol. The van der Waals surface area contributed by atoms with Crippen molar-refractivity contribution in [3.05, 3.63) is 77.2 Å². The van der Waals surface area contributed by atoms with Crippen LogP contribution in [0.15, 0.2) is 54.9 Å². The predicted molar refractivity (Wildman–Crippen MR) is 103 cm³/mol. The van der Waals surface area contributed by atoms with Crippen molar-refractivity contribution in [3.8, 4) is 11.3 Å². The van der Waals surface area contributed by atoms with Crippen molar-refractivity contribution >= 4 is 11.6 Å². The maximum Gasteiger partial charge on any atom is 0.256 e. The third kappa shape index (κ3) is 3.10. The fraction of sp³-hybridized carbons (Fsp3) is 0.227. The Bertz CT molecular complexity index is 965. The van der Waals surface area contributed by atoms with Crippen LogP contribution in [-0.2, 0) is 12.8 Å². The maximum absolute atomic E-state index is 13.0. The van der Waals surface area contributed by atoms with E-state index in [-0.39, 0.29) is 5.91 Å². The van der Waals surface area contributed by atoms with Gasteiger partial charge in [-0.2, -0.15) is 0 Å². The molecule has 1 aliphatic rings. The number of carbonyl (C=O) groups excluding carboxylic acids is 1. The molecule has 1 aromatic heterocycles. The Kier molecular flexibility index (Phi) is 4.48. The number of fused-ring (bicyclic) bond motifs is 1. The summed E-state index contributed by atoms with van der Waals surface area (Å²) in [5, 5.41) is 3.03. The third-order valence-corrected chi connectivity index (χ3v) is 4.95. The van der Waals surface area contributed by atoms with E-state index >= 15 is 0 Å². The summed E-state index contributed by atoms with van der Waals surface area (Å²) >= 11 is 0. The Morgan fingerprint density at radius 2 is 1.73 bits per heavy atom. The van der Waals surface area contributed by atoms with E-state index < -0.39 is 0 Å². The molecule has 3 aromatic rings. The van der Waals surface area contributed by atoms with Crippen molar-refractivity contribution in [1.29, 1.82) is 0 Å². The summed E-state index contributed by atoms with van der Waals surface area (Å²) in [7, 11) is 0. The van der Waals surface area contributed by atoms with Gasteiger partial charge in [0.15, 0.2) is 0 Å². The number of hydrogen-bond acceptors (Lipinski definition) is 3. The molecule has 0 saturated heterocycles. The van der Waals surface area contributed by atoms with Crippen LogP contribution in [0.1, 0.15) is 40.0 Å². The summed E-state index contributed by atoms with van der Waals surface area (Å²) in [5.74, 6) is -0.113. The summed E-state index contributed by atoms with van der Waals surface area (Å²) in [5.41, 5.74) is 6.59. The van der Waals surface area contributed by atoms with E-state index in [0.717, 1.165) is 47.5 Å². The fourth-order valence-corrected chi connectivity index (χ4v) is 3.54. The van der Waals surface area contributed by atoms with Gasteiger partial charge >= 0.3 is 0 Å². The van der Waals surface area contributed by atoms with Gasteiger partial charge in [0.2, 0.25) is 0 Å². The zero-order valence-electron chi connectivity index (χ0n) is 14.8. The number of benzene rings is 2. The Morgan fingerprint density at radius 3 is 2.62 bits per heavy atom. The first-order chi connectivity index (χ1) is 12.7. The molecule has 1 aliphatic carbocycles. The Balaban J connectivity index is 1.74. The van der Waals surface area contributed by atoms with Crippen LogP contribution < -0.4 is 5.32 Å². The SMILES string of the molecule is Cc1ccccc1NC(=O)c1ccccc1-c1ncnc2c1CCCC2. The van der Waals surface area contributed by atoms with Gasteiger partial charge in [0, 0.05) is 28.1 Å². The molecule has 0 aliphatic heterocycles. The molecule has 1 N–H and O–H groups in total. The molecule has 130 valence electrons. The van der Waals surface area contributed by atoms with Crippen molar-refractivity contribution in [2.45, 2.75) is 32.6 Å². The van der Waals surface area contributed by atoms with Crippen LogP contribution in [0.3, 0.4) is 0 Å². The fourth-order valence-electron chi connectivity index (χ4n) is 3.54. The monoisotopic (exact) mass is 343 g/mol. The zero-order chi connectivity index (χ0) is 17.9. The van der Waals surface area contributed by atoms with E-state index in [9.17, 15) is 4.79 Å². The lowest BCUT2D eigenvalue weighted by molar-refractivity contribution is 0.102. The Morgan fingerprint density at radius 1 is 0.962 bits per heavy atom. The van der Waals surface area contributed by atoms with Crippen LogP contribution in [-0.4, -0.2) is 15.9 Å². The highest BCUT2D eigenvalue weighted by Crippen LogP contribution is 2.31. The first-order valence-corrected chi connectivity index (χ1v) is 9.03. The van der Waals surface area contributed by atoms with Crippen molar-refractivity contribution in [1.82, 2.24) is 9.97 Å². The number of rotatable bonds is 3. The molecule has 0 radical (unpaired) electrons. The molecule has 1 amide bonds. The van der Waals surface area contributed by atoms with Crippen molar-refractivity contribution in [2.75, 3.05) is 5.32 Å². The number of hydrogen-bond donors (Lipinski definition) is 1. The van der Waals surface area contributed by atoms with Crippen molar-refractivity contribution in [2.24, 2.45) is 0 Å². The van der Waals surface area contributed by atoms with Gasteiger partial charge in [-0.05, 0) is 50.3 Å². The van der Waals surface area contributed by atoms with Gasteiger partial charge in [-0.1, -0.05) is 36.4 Å². The molecule has 4 heteroatoms. The second-order valence-electron chi connectivity index (χ2n) is 6.67. The lowest BCUT2D eigenvalue weighted by atomic mass is 9.91. The molecule has 1 heterocycles. The number of nitrogens with zero attached hydrogens (tertiary/aromatic N) is 2. The second kappa shape index (κ2) is 7.08. The molecule has 0 fully saturated rings. The molecule has 26 heavy (non-hydrogen) atoms. The molecule has 0 saturated carbocycles. The molecule has 2 aromatic carbocycles. The smallest absolute Gasteiger partial charge is 0.256 e. The summed E-state index contributed by atoms with van der Waals surface area (Å²) < 4.78 is 0. The maximum atomic E-state index is 13.0. The molecule has 0 unspecified atom stereocenters. The number of para-hydroxylation sites is 1. The van der Waals surface area contributed by atoms with Crippen LogP contribution >= 0.6 is 0 Å². The highest BCUT2D eigenvalue weighted by molar-refractivity contribution is 6.08. The van der Waals surface area contributed by atoms with Gasteiger partial charge in [-0.15, -0.1) is 0 Å². The summed E-state index contributed by atoms with van der Waals surface area (Å²) in [4.78, 5) is 22.0. The van der Waals surface area contributed by atoms with Gasteiger partial charge < -0.3 is 5.32 Å². The van der Waals surface area contributed by atoms with E-state index in [0.29, 0.717) is 5.56 Å². The van der Waals surface area contributed by atoms with E-state index in [1.165, 1.54) is 12.0 Å². The quantitative estimate of drug-likeness (QED) is 0.757. The van der Waals surface area contributed by atoms with E-state index in [1.54, 1.807) is 6.33 Å². The molecule has 4 rings (SSSR count). The lowest BCUT2D eigenvalue weighted by Gasteiger charge is -2.19. The summed E-state index contributed by atoms with van der Waals surface area (Å²) in [6, 6.07) is 15.5. The highest BCUT2D eigenvalue weighted by Gasteiger charge is 2.20. The predicted octanol–water partition coefficient (Wildman–Crippen LogP) is 4.58. The standard InChI is InChI=1S/C22H21N3O/c1-15-8-2-6-12-19(15)25-22(26)17-10-4-3-9-16(17)21-18-11-5-7-13-20(18)23-14-24-21/h2-4,6,8-10,12,14H,5,7,11,13H2,1H3,(H,25,26). The Labute approximate surface area is 153 Å². The molecule has 0 atom stereocenters. The number of carbonyl (C=O) groups is 1. The van der Waals surface area contributed by atoms with Crippen molar-refractivity contribution < 1.29 is 4.79 Å². The lowest BCUT2D eigenvalue weighted by Crippen LogP contribution is -2.15. The normalized spacial score (nSPS) is 13.1. The van der Waals surface area contributed by atoms with Crippen LogP contribution in [0, 0.1) is 6.92 Å². The first-order valence-electron chi connectivity index (χ1n) is 9.03. The van der Waals surface area contributed by atoms with Crippen LogP contribution in [0.4, 0.5) is 5.69 Å². The van der Waals surface area contributed by atoms with Crippen LogP contribution in [0.25, 0.3) is 11.3 Å². The number of aromatic nitrogens is 2. The molecular formula is C22H21N3O. The number of amides is 1. The second-order valence-corrected chi connectivity index (χ2v) is 6.67. The van der Waals surface area contributed by atoms with E-state index in [2.05, 4.69) is 15.3 Å². The molecular weight excluding hydrogens is 322 g/mol. The van der Waals surface area contributed by atoms with E-state index in [1.807, 2.05) is 55.5 Å². The van der Waals surface area contributed by atoms with Crippen molar-refractivity contribution in [3.63, 3.8) is 0 Å². The third-order valence-electron chi connectivity index (χ3n) is 4.95. The molecule has 0 bridgehead atoms. The summed E-state index contributed by atoms with van der Waals surface area (Å²) in [6.45, 7) is 1.99. The molecule has 4 nitrogen and oxygen atoms in total. The minimum absolute atomic E-state index is 0.113. The number of nitrogens with one attached hydrogen (secondary N) is 1. The molecule has 0 spiro atoms. The highest BCUT2D eigenvalue weighted by atomic mass is 16.1. The zero-order valence-corrected chi connectivity index (χ0v) is 14.8. The van der Waals surface area contributed by atoms with Gasteiger partial charge in [0.25, 0.3) is 5.91 Å². The summed E-state index contributed by atoms with van der Waals surface area (Å²) in [6.07, 6.45) is 5.89. The average Bonchev–Trinajstić information content (AvgIpc) is 2.69. The van der Waals surface area contributed by atoms with E-state index in [4.69, 9.17) is 0 Å². The largest absolute Gasteiger partial charge is 0.322 e. The number of anilines is 1. The van der Waals surface area contributed by atoms with Crippen LogP contribution in [0.2, 0.25) is 0 Å². The van der Waals surface area contributed by atoms with Gasteiger partial charge in [-0.3, -0.25) is 4.79 Å². The Hall–Kier alpha value is -3.01. The number of aryl methyl sites for hydroxylation is 2. The van der Waals surface area contributed by atoms with Gasteiger partial charge in [0.05, 0.1) is 5.69 Å². The minimum atomic E-state index is -0.113. The minimum Gasteiger partial charge on any atom is -0.322 e. The topological polar surface area (TPSA) is 54.9 Å². The first kappa shape index (κ1) is 16.5. The van der Waals surface area contributed by atoms with Crippen LogP contribution in [0.5, 0.6) is 0 Å². The van der Waals surface area contributed by atoms with Gasteiger partial charge in [0.1, 0.15) is 6.33 Å².